The fraction of sp³-hybridized carbons (Fsp3) is 0.833. The van der Waals surface area contributed by atoms with Gasteiger partial charge in [-0.05, 0) is 70.9 Å². The number of rotatable bonds is 44. The average molecular weight is 1150 g/mol. The summed E-state index contributed by atoms with van der Waals surface area (Å²) in [5.74, 6) is -1.14. The molecule has 6 amide bonds. The third kappa shape index (κ3) is 48.0. The molecule has 1 unspecified atom stereocenters. The van der Waals surface area contributed by atoms with E-state index in [1.165, 1.54) is 32.6 Å². The topological polar surface area (TPSA) is 338 Å². The number of hydrogen-bond acceptors (Lipinski definition) is 17. The number of halogens is 1. The van der Waals surface area contributed by atoms with Crippen LogP contribution >= 0.6 is 0 Å². The highest BCUT2D eigenvalue weighted by Crippen LogP contribution is 2.34. The van der Waals surface area contributed by atoms with Crippen molar-refractivity contribution in [2.24, 2.45) is 11.5 Å². The van der Waals surface area contributed by atoms with E-state index in [1.54, 1.807) is 6.92 Å². The Labute approximate surface area is 475 Å². The molecule has 1 saturated heterocycles. The Kier molecular flexibility index (Phi) is 55.5. The molecule has 26 heteroatoms. The van der Waals surface area contributed by atoms with Crippen molar-refractivity contribution in [3.05, 3.63) is 33.1 Å². The fourth-order valence-corrected chi connectivity index (χ4v) is 6.50. The third-order valence-corrected chi connectivity index (χ3v) is 11.0. The first-order valence-corrected chi connectivity index (χ1v) is 29.0. The van der Waals surface area contributed by atoms with Crippen molar-refractivity contribution in [2.45, 2.75) is 162 Å². The molecule has 1 fully saturated rings. The van der Waals surface area contributed by atoms with Crippen LogP contribution in [0, 0.1) is 0 Å². The molecule has 1 aromatic rings. The number of amides is 6. The van der Waals surface area contributed by atoms with Crippen molar-refractivity contribution in [2.75, 3.05) is 132 Å². The molecule has 1 aromatic heterocycles. The number of nitrogens with two attached hydrogens (primary N) is 2. The Hall–Kier alpha value is -4.80. The van der Waals surface area contributed by atoms with Crippen LogP contribution in [0.3, 0.4) is 0 Å². The van der Waals surface area contributed by atoms with Crippen molar-refractivity contribution < 1.29 is 66.3 Å². The Morgan fingerprint density at radius 2 is 0.950 bits per heavy atom. The van der Waals surface area contributed by atoms with Crippen molar-refractivity contribution in [1.29, 1.82) is 0 Å². The molecule has 25 nitrogen and oxygen atoms in total. The number of nitrogens with zero attached hydrogens (tertiary/aromatic N) is 1. The zero-order chi connectivity index (χ0) is 59.7. The second-order valence-corrected chi connectivity index (χ2v) is 18.2. The van der Waals surface area contributed by atoms with E-state index in [9.17, 15) is 33.6 Å². The van der Waals surface area contributed by atoms with Gasteiger partial charge in [-0.15, -0.1) is 0 Å². The van der Waals surface area contributed by atoms with E-state index in [4.69, 9.17) is 49.4 Å². The van der Waals surface area contributed by atoms with Crippen LogP contribution in [-0.2, 0) is 52.3 Å². The summed E-state index contributed by atoms with van der Waals surface area (Å²) in [5, 5.41) is 16.5. The molecule has 0 bridgehead atoms. The van der Waals surface area contributed by atoms with Crippen LogP contribution in [0.4, 0.5) is 14.0 Å². The number of nitrogens with one attached hydrogen (secondary N) is 7. The van der Waals surface area contributed by atoms with E-state index < -0.39 is 41.8 Å². The van der Waals surface area contributed by atoms with E-state index in [0.717, 1.165) is 75.0 Å². The second kappa shape index (κ2) is 57.4. The van der Waals surface area contributed by atoms with E-state index in [0.29, 0.717) is 131 Å². The van der Waals surface area contributed by atoms with Crippen molar-refractivity contribution in [3.63, 3.8) is 0 Å². The molecule has 1 aliphatic heterocycles. The summed E-state index contributed by atoms with van der Waals surface area (Å²) < 4.78 is 59.4. The van der Waals surface area contributed by atoms with E-state index in [2.05, 4.69) is 59.6 Å². The monoisotopic (exact) mass is 1150 g/mol. The molecule has 2 heterocycles. The van der Waals surface area contributed by atoms with Crippen LogP contribution < -0.4 is 54.6 Å². The summed E-state index contributed by atoms with van der Waals surface area (Å²) in [7, 11) is 0. The van der Waals surface area contributed by atoms with E-state index >= 15 is 4.39 Å². The number of hydrogen-bond donors (Lipinski definition) is 9. The number of H-pyrrole nitrogens is 1. The maximum Gasteiger partial charge on any atom is 0.330 e. The quantitative estimate of drug-likeness (QED) is 0.0334. The molecule has 11 N–H and O–H groups in total. The van der Waals surface area contributed by atoms with Gasteiger partial charge in [0.2, 0.25) is 11.8 Å². The molecule has 80 heavy (non-hydrogen) atoms. The van der Waals surface area contributed by atoms with Crippen LogP contribution in [-0.4, -0.2) is 189 Å². The Balaban J connectivity index is 0. The summed E-state index contributed by atoms with van der Waals surface area (Å²) in [4.78, 5) is 83.3. The lowest BCUT2D eigenvalue weighted by Gasteiger charge is -2.18. The summed E-state index contributed by atoms with van der Waals surface area (Å²) in [6.45, 7) is 22.8. The van der Waals surface area contributed by atoms with Crippen molar-refractivity contribution in [1.82, 2.24) is 41.5 Å². The third-order valence-electron chi connectivity index (χ3n) is 11.0. The minimum Gasteiger partial charge on any atom is -0.456 e. The molecule has 1 aliphatic rings. The first kappa shape index (κ1) is 77.3. The molecular weight excluding hydrogens is 1050 g/mol. The Morgan fingerprint density at radius 3 is 1.31 bits per heavy atom. The standard InChI is InChI=1S/C29H48FN5O10.C17H35N3O5.2C4H11N/c1-3-5-11-32-28(39)33-13-7-16-42-18-20-43-19-17-41-15-6-12-31-22(36)8-9-24(38)45-26-21(4-2)44-27(25(26)30)35-14-10-23(37)34-29(35)40;1-3-4-7-19-17(22)20-9-6-11-24-13-15-25-14-12-23-10-5-8-18-16(2)21;2*1-2-3-4-5/h10,14,21,25-27H,3-9,11-13,15-20H2,1-2H3,(H,31,36)(H2,32,33,39)(H,34,37,40);3-15H2,1-2H3,(H,18,21)(H2,19,20,22);2*2-5H2,1H3/t21-,25?,26+,27-;;;/m1.../s1. The van der Waals surface area contributed by atoms with Gasteiger partial charge in [-0.3, -0.25) is 28.7 Å². The van der Waals surface area contributed by atoms with Gasteiger partial charge < -0.3 is 81.3 Å². The summed E-state index contributed by atoms with van der Waals surface area (Å²) in [6, 6.07) is 0.792. The lowest BCUT2D eigenvalue weighted by Crippen LogP contribution is -2.37. The molecule has 468 valence electrons. The van der Waals surface area contributed by atoms with Gasteiger partial charge in [-0.25, -0.2) is 18.8 Å². The number of aromatic amines is 1. The van der Waals surface area contributed by atoms with Gasteiger partial charge in [-0.1, -0.05) is 60.3 Å². The second-order valence-electron chi connectivity index (χ2n) is 18.2. The van der Waals surface area contributed by atoms with E-state index in [-0.39, 0.29) is 36.7 Å². The Morgan fingerprint density at radius 1 is 0.562 bits per heavy atom. The molecule has 4 atom stereocenters. The predicted octanol–water partition coefficient (Wildman–Crippen LogP) is 3.46. The molecule has 2 rings (SSSR count). The number of carbonyl (C=O) groups excluding carboxylic acids is 5. The number of unbranched alkanes of at least 4 members (excludes halogenated alkanes) is 4. The normalized spacial score (nSPS) is 15.2. The van der Waals surface area contributed by atoms with Gasteiger partial charge in [0, 0.05) is 91.3 Å². The first-order chi connectivity index (χ1) is 38.8. The Bertz CT molecular complexity index is 1760. The predicted molar refractivity (Wildman–Crippen MR) is 305 cm³/mol. The van der Waals surface area contributed by atoms with Crippen molar-refractivity contribution >= 4 is 29.8 Å². The number of urea groups is 2. The maximum absolute atomic E-state index is 15.1. The molecule has 0 aliphatic carbocycles. The largest absolute Gasteiger partial charge is 0.456 e. The fourth-order valence-electron chi connectivity index (χ4n) is 6.50. The number of carbonyl (C=O) groups is 5. The highest BCUT2D eigenvalue weighted by molar-refractivity contribution is 5.81. The molecular formula is C54H105FN10O15. The van der Waals surface area contributed by atoms with Crippen LogP contribution in [0.25, 0.3) is 0 Å². The highest BCUT2D eigenvalue weighted by Gasteiger charge is 2.48. The smallest absolute Gasteiger partial charge is 0.330 e. The van der Waals surface area contributed by atoms with Crippen LogP contribution in [0.2, 0.25) is 0 Å². The SMILES string of the molecule is CCCCN.CCCCN.CCCCNC(=O)NCCCOCCOCCOCCCNC(=O)CCC(=O)O[C@@H]1C(F)[C@H](n2ccc(=O)[nH]c2=O)O[C@@H]1CC.CCCCNC(=O)NCCCOCCOCCOCCCNC(C)=O. The number of esters is 1. The molecule has 0 spiro atoms. The van der Waals surface area contributed by atoms with Gasteiger partial charge in [0.15, 0.2) is 18.5 Å². The van der Waals surface area contributed by atoms with Crippen LogP contribution in [0.1, 0.15) is 144 Å². The van der Waals surface area contributed by atoms with E-state index in [1.807, 2.05) is 4.98 Å². The number of alkyl halides is 1. The van der Waals surface area contributed by atoms with Gasteiger partial charge in [-0.2, -0.15) is 0 Å². The zero-order valence-electron chi connectivity index (χ0n) is 49.3. The lowest BCUT2D eigenvalue weighted by molar-refractivity contribution is -0.154. The highest BCUT2D eigenvalue weighted by atomic mass is 19.1. The maximum atomic E-state index is 15.1. The molecule has 0 saturated carbocycles. The minimum atomic E-state index is -1.84. The van der Waals surface area contributed by atoms with Crippen LogP contribution in [0.5, 0.6) is 0 Å². The first-order valence-electron chi connectivity index (χ1n) is 29.0. The number of ether oxygens (including phenoxy) is 8. The summed E-state index contributed by atoms with van der Waals surface area (Å²) in [5.41, 5.74) is 8.81. The molecule has 0 aromatic carbocycles. The lowest BCUT2D eigenvalue weighted by atomic mass is 10.1. The van der Waals surface area contributed by atoms with Gasteiger partial charge in [0.05, 0.1) is 59.3 Å². The minimum absolute atomic E-state index is 0.0191. The average Bonchev–Trinajstić information content (AvgIpc) is 3.74. The van der Waals surface area contributed by atoms with Gasteiger partial charge >= 0.3 is 23.7 Å². The van der Waals surface area contributed by atoms with Gasteiger partial charge in [0.25, 0.3) is 5.56 Å². The molecule has 0 radical (unpaired) electrons. The summed E-state index contributed by atoms with van der Waals surface area (Å²) >= 11 is 0. The number of aromatic nitrogens is 2. The summed E-state index contributed by atoms with van der Waals surface area (Å²) in [6.07, 6.45) is 7.49. The zero-order valence-corrected chi connectivity index (χ0v) is 49.3. The van der Waals surface area contributed by atoms with Gasteiger partial charge in [0.1, 0.15) is 6.10 Å². The van der Waals surface area contributed by atoms with Crippen LogP contribution in [0.15, 0.2) is 21.9 Å². The van der Waals surface area contributed by atoms with Crippen molar-refractivity contribution in [3.8, 4) is 0 Å².